The Morgan fingerprint density at radius 3 is 2.88 bits per heavy atom. The zero-order chi connectivity index (χ0) is 11.5. The van der Waals surface area contributed by atoms with Gasteiger partial charge in [-0.3, -0.25) is 4.79 Å². The maximum absolute atomic E-state index is 11.8. The van der Waals surface area contributed by atoms with Gasteiger partial charge in [-0.05, 0) is 16.8 Å². The lowest BCUT2D eigenvalue weighted by Crippen LogP contribution is -2.12. The minimum Gasteiger partial charge on any atom is -0.369 e. The molecule has 16 heavy (non-hydrogen) atoms. The maximum Gasteiger partial charge on any atom is 0.165 e. The van der Waals surface area contributed by atoms with Crippen LogP contribution in [0.4, 0.5) is 0 Å². The number of ether oxygens (including phenoxy) is 1. The van der Waals surface area contributed by atoms with E-state index in [1.54, 1.807) is 18.4 Å². The van der Waals surface area contributed by atoms with Gasteiger partial charge < -0.3 is 4.74 Å². The summed E-state index contributed by atoms with van der Waals surface area (Å²) in [5.41, 5.74) is 0.995. The first-order valence-electron chi connectivity index (χ1n) is 5.29. The van der Waals surface area contributed by atoms with Gasteiger partial charge in [0, 0.05) is 23.8 Å². The zero-order valence-electron chi connectivity index (χ0n) is 9.40. The number of carbonyl (C=O) groups is 1. The standard InChI is InChI=1S/C13H14O2S/c1-3-11(14)13(15-2)10-8-16-12-7-5-4-6-9(10)12/h4-8,13H,3H2,1-2H3. The van der Waals surface area contributed by atoms with Crippen molar-refractivity contribution in [1.29, 1.82) is 0 Å². The predicted octanol–water partition coefficient (Wildman–Crippen LogP) is 3.57. The molecule has 0 aliphatic rings. The molecule has 0 spiro atoms. The largest absolute Gasteiger partial charge is 0.369 e. The van der Waals surface area contributed by atoms with E-state index in [0.717, 1.165) is 10.9 Å². The molecule has 0 amide bonds. The van der Waals surface area contributed by atoms with Gasteiger partial charge in [0.1, 0.15) is 6.10 Å². The van der Waals surface area contributed by atoms with Crippen LogP contribution in [0.5, 0.6) is 0 Å². The summed E-state index contributed by atoms with van der Waals surface area (Å²) in [5.74, 6) is 0.131. The Kier molecular flexibility index (Phi) is 3.36. The van der Waals surface area contributed by atoms with Crippen molar-refractivity contribution in [2.24, 2.45) is 0 Å². The summed E-state index contributed by atoms with van der Waals surface area (Å²) in [6, 6.07) is 8.09. The molecule has 3 heteroatoms. The predicted molar refractivity (Wildman–Crippen MR) is 66.9 cm³/mol. The number of hydrogen-bond acceptors (Lipinski definition) is 3. The van der Waals surface area contributed by atoms with Crippen LogP contribution >= 0.6 is 11.3 Å². The van der Waals surface area contributed by atoms with Crippen molar-refractivity contribution in [1.82, 2.24) is 0 Å². The summed E-state index contributed by atoms with van der Waals surface area (Å²) >= 11 is 1.65. The second kappa shape index (κ2) is 4.76. The summed E-state index contributed by atoms with van der Waals surface area (Å²) in [6.07, 6.45) is 0.0871. The molecule has 1 aromatic heterocycles. The molecule has 0 aliphatic heterocycles. The van der Waals surface area contributed by atoms with Crippen LogP contribution in [0.15, 0.2) is 29.6 Å². The fourth-order valence-corrected chi connectivity index (χ4v) is 2.79. The summed E-state index contributed by atoms with van der Waals surface area (Å²) in [5, 5.41) is 3.15. The molecule has 2 nitrogen and oxygen atoms in total. The van der Waals surface area contributed by atoms with E-state index >= 15 is 0 Å². The molecule has 1 aromatic carbocycles. The number of benzene rings is 1. The van der Waals surface area contributed by atoms with E-state index in [1.165, 1.54) is 4.70 Å². The van der Waals surface area contributed by atoms with Crippen LogP contribution < -0.4 is 0 Å². The van der Waals surface area contributed by atoms with Crippen LogP contribution in [0.2, 0.25) is 0 Å². The number of hydrogen-bond donors (Lipinski definition) is 0. The van der Waals surface area contributed by atoms with Gasteiger partial charge in [-0.1, -0.05) is 25.1 Å². The van der Waals surface area contributed by atoms with Crippen molar-refractivity contribution in [3.8, 4) is 0 Å². The Morgan fingerprint density at radius 1 is 1.44 bits per heavy atom. The van der Waals surface area contributed by atoms with Gasteiger partial charge in [0.05, 0.1) is 0 Å². The van der Waals surface area contributed by atoms with Crippen LogP contribution in [-0.4, -0.2) is 12.9 Å². The van der Waals surface area contributed by atoms with E-state index in [-0.39, 0.29) is 5.78 Å². The van der Waals surface area contributed by atoms with Crippen molar-refractivity contribution < 1.29 is 9.53 Å². The van der Waals surface area contributed by atoms with Crippen molar-refractivity contribution in [3.63, 3.8) is 0 Å². The first kappa shape index (κ1) is 11.3. The van der Waals surface area contributed by atoms with E-state index in [0.29, 0.717) is 6.42 Å². The van der Waals surface area contributed by atoms with Crippen LogP contribution in [0, 0.1) is 0 Å². The monoisotopic (exact) mass is 234 g/mol. The van der Waals surface area contributed by atoms with Crippen LogP contribution in [0.3, 0.4) is 0 Å². The lowest BCUT2D eigenvalue weighted by atomic mass is 10.0. The van der Waals surface area contributed by atoms with E-state index < -0.39 is 6.10 Å². The quantitative estimate of drug-likeness (QED) is 0.808. The van der Waals surface area contributed by atoms with Crippen molar-refractivity contribution >= 4 is 27.2 Å². The third kappa shape index (κ3) is 1.88. The molecule has 2 rings (SSSR count). The molecule has 0 fully saturated rings. The van der Waals surface area contributed by atoms with Gasteiger partial charge in [-0.2, -0.15) is 0 Å². The van der Waals surface area contributed by atoms with E-state index in [9.17, 15) is 4.79 Å². The second-order valence-corrected chi connectivity index (χ2v) is 4.53. The molecule has 0 bridgehead atoms. The lowest BCUT2D eigenvalue weighted by molar-refractivity contribution is -0.128. The maximum atomic E-state index is 11.8. The SMILES string of the molecule is CCC(=O)C(OC)c1csc2ccccc12. The third-order valence-electron chi connectivity index (χ3n) is 2.67. The van der Waals surface area contributed by atoms with Crippen molar-refractivity contribution in [2.45, 2.75) is 19.4 Å². The Balaban J connectivity index is 2.49. The molecule has 1 heterocycles. The van der Waals surface area contributed by atoms with E-state index in [1.807, 2.05) is 30.5 Å². The summed E-state index contributed by atoms with van der Waals surface area (Å²) in [6.45, 7) is 1.86. The number of carbonyl (C=O) groups excluding carboxylic acids is 1. The fourth-order valence-electron chi connectivity index (χ4n) is 1.82. The van der Waals surface area contributed by atoms with Crippen LogP contribution in [-0.2, 0) is 9.53 Å². The molecule has 0 N–H and O–H groups in total. The van der Waals surface area contributed by atoms with Gasteiger partial charge in [0.25, 0.3) is 0 Å². The topological polar surface area (TPSA) is 26.3 Å². The molecule has 0 radical (unpaired) electrons. The first-order valence-corrected chi connectivity index (χ1v) is 6.17. The van der Waals surface area contributed by atoms with E-state index in [4.69, 9.17) is 4.74 Å². The number of Topliss-reactive ketones (excluding diaryl/α,β-unsaturated/α-hetero) is 1. The number of methoxy groups -OCH3 is 1. The average molecular weight is 234 g/mol. The molecule has 0 aliphatic carbocycles. The number of rotatable bonds is 4. The highest BCUT2D eigenvalue weighted by Gasteiger charge is 2.21. The summed E-state index contributed by atoms with van der Waals surface area (Å²) in [4.78, 5) is 11.8. The Bertz CT molecular complexity index is 501. The number of fused-ring (bicyclic) bond motifs is 1. The highest BCUT2D eigenvalue weighted by molar-refractivity contribution is 7.17. The molecule has 2 aromatic rings. The average Bonchev–Trinajstić information content (AvgIpc) is 2.74. The second-order valence-electron chi connectivity index (χ2n) is 3.62. The third-order valence-corrected chi connectivity index (χ3v) is 3.65. The van der Waals surface area contributed by atoms with Crippen molar-refractivity contribution in [2.75, 3.05) is 7.11 Å². The van der Waals surface area contributed by atoms with Crippen LogP contribution in [0.1, 0.15) is 25.0 Å². The summed E-state index contributed by atoms with van der Waals surface area (Å²) in [7, 11) is 1.59. The molecule has 0 saturated heterocycles. The Morgan fingerprint density at radius 2 is 2.19 bits per heavy atom. The smallest absolute Gasteiger partial charge is 0.165 e. The molecule has 1 atom stereocenters. The van der Waals surface area contributed by atoms with Crippen LogP contribution in [0.25, 0.3) is 10.1 Å². The summed E-state index contributed by atoms with van der Waals surface area (Å²) < 4.78 is 6.51. The zero-order valence-corrected chi connectivity index (χ0v) is 10.2. The van der Waals surface area contributed by atoms with Gasteiger partial charge in [0.2, 0.25) is 0 Å². The minimum atomic E-state index is -0.416. The normalized spacial score (nSPS) is 12.9. The number of ketones is 1. The molecular formula is C13H14O2S. The van der Waals surface area contributed by atoms with E-state index in [2.05, 4.69) is 6.07 Å². The Hall–Kier alpha value is -1.19. The molecule has 84 valence electrons. The first-order chi connectivity index (χ1) is 7.77. The van der Waals surface area contributed by atoms with Gasteiger partial charge in [-0.25, -0.2) is 0 Å². The van der Waals surface area contributed by atoms with Gasteiger partial charge in [-0.15, -0.1) is 11.3 Å². The number of thiophene rings is 1. The fraction of sp³-hybridized carbons (Fsp3) is 0.308. The minimum absolute atomic E-state index is 0.131. The lowest BCUT2D eigenvalue weighted by Gasteiger charge is -2.12. The Labute approximate surface area is 98.9 Å². The van der Waals surface area contributed by atoms with Gasteiger partial charge in [0.15, 0.2) is 5.78 Å². The molecule has 0 saturated carbocycles. The molecule has 1 unspecified atom stereocenters. The van der Waals surface area contributed by atoms with Gasteiger partial charge >= 0.3 is 0 Å². The highest BCUT2D eigenvalue weighted by atomic mass is 32.1. The molecular weight excluding hydrogens is 220 g/mol. The highest BCUT2D eigenvalue weighted by Crippen LogP contribution is 2.32. The van der Waals surface area contributed by atoms with Crippen molar-refractivity contribution in [3.05, 3.63) is 35.2 Å².